The monoisotopic (exact) mass is 348 g/mol. The van der Waals surface area contributed by atoms with Gasteiger partial charge in [-0.2, -0.15) is 0 Å². The number of aliphatic hydroxyl groups is 1. The summed E-state index contributed by atoms with van der Waals surface area (Å²) < 4.78 is 33.1. The molecule has 122 valence electrons. The molecule has 2 rings (SSSR count). The van der Waals surface area contributed by atoms with Crippen LogP contribution in [0.15, 0.2) is 0 Å². The van der Waals surface area contributed by atoms with Gasteiger partial charge in [0.25, 0.3) is 0 Å². The lowest BCUT2D eigenvalue weighted by atomic mass is 9.96. The van der Waals surface area contributed by atoms with Gasteiger partial charge in [0, 0.05) is 24.9 Å². The van der Waals surface area contributed by atoms with Crippen molar-refractivity contribution in [2.75, 3.05) is 19.5 Å². The third kappa shape index (κ3) is 5.24. The molecule has 0 saturated carbocycles. The molecule has 7 nitrogen and oxygen atoms in total. The maximum atomic E-state index is 12.2. The van der Waals surface area contributed by atoms with E-state index in [1.807, 2.05) is 0 Å². The first kappa shape index (κ1) is 18.8. The third-order valence-electron chi connectivity index (χ3n) is 3.48. The Bertz CT molecular complexity index is 418. The first-order chi connectivity index (χ1) is 10.3. The minimum absolute atomic E-state index is 0.108. The molecule has 2 heterocycles. The number of methoxy groups -OCH3 is 1. The predicted octanol–water partition coefficient (Wildman–Crippen LogP) is -0.221. The molecule has 2 aliphatic rings. The van der Waals surface area contributed by atoms with Crippen molar-refractivity contribution in [1.82, 2.24) is 0 Å². The molecule has 0 aromatic rings. The van der Waals surface area contributed by atoms with Crippen LogP contribution in [0.1, 0.15) is 12.8 Å². The molecule has 7 atom stereocenters. The molecule has 0 bridgehead atoms. The Morgan fingerprint density at radius 3 is 2.50 bits per heavy atom. The second kappa shape index (κ2) is 8.03. The van der Waals surface area contributed by atoms with Crippen LogP contribution in [0.3, 0.4) is 0 Å². The summed E-state index contributed by atoms with van der Waals surface area (Å²) in [6.45, 7) is -3.71. The first-order valence-electron chi connectivity index (χ1n) is 6.95. The van der Waals surface area contributed by atoms with Gasteiger partial charge in [-0.25, -0.2) is 4.57 Å². The van der Waals surface area contributed by atoms with Crippen molar-refractivity contribution >= 4 is 33.9 Å². The van der Waals surface area contributed by atoms with Gasteiger partial charge in [0.1, 0.15) is 21.8 Å². The van der Waals surface area contributed by atoms with E-state index in [0.717, 1.165) is 0 Å². The van der Waals surface area contributed by atoms with Gasteiger partial charge >= 0.3 is 6.80 Å². The van der Waals surface area contributed by atoms with E-state index in [1.54, 1.807) is 0 Å². The molecule has 22 heavy (non-hydrogen) atoms. The molecule has 0 aliphatic carbocycles. The van der Waals surface area contributed by atoms with Crippen LogP contribution < -0.4 is 0 Å². The lowest BCUT2D eigenvalue weighted by molar-refractivity contribution is -0.0115. The maximum absolute atomic E-state index is 12.2. The van der Waals surface area contributed by atoms with Crippen molar-refractivity contribution in [1.29, 1.82) is 0 Å². The first-order valence-corrected chi connectivity index (χ1v) is 10.1. The lowest BCUT2D eigenvalue weighted by Crippen LogP contribution is -2.28. The molecule has 3 unspecified atom stereocenters. The number of ether oxygens (including phenoxy) is 3. The van der Waals surface area contributed by atoms with Crippen molar-refractivity contribution in [3.05, 3.63) is 0 Å². The van der Waals surface area contributed by atoms with E-state index in [9.17, 15) is 14.6 Å². The van der Waals surface area contributed by atoms with Gasteiger partial charge in [0.15, 0.2) is 0 Å². The second-order valence-electron chi connectivity index (χ2n) is 5.33. The summed E-state index contributed by atoms with van der Waals surface area (Å²) in [5.41, 5.74) is 0. The summed E-state index contributed by atoms with van der Waals surface area (Å²) in [7, 11) is 12.7. The minimum atomic E-state index is -3.93. The van der Waals surface area contributed by atoms with Crippen LogP contribution >= 0.6 is 18.2 Å². The van der Waals surface area contributed by atoms with E-state index >= 15 is 0 Å². The smallest absolute Gasteiger partial charge is 0.387 e. The topological polar surface area (TPSA) is 94.5 Å². The highest BCUT2D eigenvalue weighted by Crippen LogP contribution is 2.58. The molecular formula is C11H19B2O7PS. The Morgan fingerprint density at radius 2 is 1.91 bits per heavy atom. The zero-order valence-corrected chi connectivity index (χ0v) is 13.9. The number of aliphatic hydroxyl groups excluding tert-OH is 1. The average molecular weight is 348 g/mol. The molecular weight excluding hydrogens is 329 g/mol. The molecule has 0 amide bonds. The van der Waals surface area contributed by atoms with Gasteiger partial charge in [0.05, 0.1) is 24.9 Å². The number of hydrogen-bond acceptors (Lipinski definition) is 7. The highest BCUT2D eigenvalue weighted by Gasteiger charge is 2.40. The highest BCUT2D eigenvalue weighted by atomic mass is 32.7. The maximum Gasteiger partial charge on any atom is 0.387 e. The van der Waals surface area contributed by atoms with E-state index in [4.69, 9.17) is 34.4 Å². The molecule has 4 radical (unpaired) electrons. The van der Waals surface area contributed by atoms with Crippen LogP contribution in [-0.4, -0.2) is 81.6 Å². The third-order valence-corrected chi connectivity index (χ3v) is 6.51. The molecule has 2 N–H and O–H groups in total. The van der Waals surface area contributed by atoms with Gasteiger partial charge in [-0.3, -0.25) is 4.52 Å². The molecule has 2 aliphatic heterocycles. The standard InChI is InChI=1S/C11H19B2O7PS/c1-17-4-8-7(3-11(13)18-8)20-21(15,16)22-5-9-6(14)2-10(12)19-9/h6-11,14H,2-5H2,1H3,(H,15,16)/t6?,7?,8-,9-,10-,11-/m1/s1. The van der Waals surface area contributed by atoms with Crippen molar-refractivity contribution in [2.24, 2.45) is 0 Å². The lowest BCUT2D eigenvalue weighted by Gasteiger charge is -2.22. The van der Waals surface area contributed by atoms with Crippen molar-refractivity contribution < 1.29 is 33.3 Å². The van der Waals surface area contributed by atoms with Crippen LogP contribution in [0.25, 0.3) is 0 Å². The SMILES string of the molecule is [B][C@H]1CC(O)[C@@H](CSP(=O)(O)OC2C[C@H]([B])O[C@@H]2COC)O1. The zero-order chi connectivity index (χ0) is 16.3. The van der Waals surface area contributed by atoms with E-state index in [-0.39, 0.29) is 12.4 Å². The van der Waals surface area contributed by atoms with Crippen molar-refractivity contribution in [3.8, 4) is 0 Å². The van der Waals surface area contributed by atoms with E-state index in [1.165, 1.54) is 7.11 Å². The summed E-state index contributed by atoms with van der Waals surface area (Å²) in [5.74, 6) is 0.108. The van der Waals surface area contributed by atoms with E-state index in [2.05, 4.69) is 0 Å². The molecule has 2 saturated heterocycles. The average Bonchev–Trinajstić information content (AvgIpc) is 2.90. The van der Waals surface area contributed by atoms with Gasteiger partial charge in [-0.1, -0.05) is 0 Å². The van der Waals surface area contributed by atoms with Gasteiger partial charge in [-0.15, -0.1) is 0 Å². The molecule has 0 aromatic heterocycles. The molecule has 0 aromatic carbocycles. The Labute approximate surface area is 136 Å². The second-order valence-corrected chi connectivity index (χ2v) is 9.23. The highest BCUT2D eigenvalue weighted by molar-refractivity contribution is 8.54. The Hall–Kier alpha value is 0.470. The Kier molecular flexibility index (Phi) is 6.86. The van der Waals surface area contributed by atoms with E-state index < -0.39 is 43.2 Å². The quantitative estimate of drug-likeness (QED) is 0.482. The van der Waals surface area contributed by atoms with Crippen LogP contribution in [0.2, 0.25) is 0 Å². The summed E-state index contributed by atoms with van der Waals surface area (Å²) in [5, 5.41) is 9.70. The normalized spacial score (nSPS) is 41.6. The summed E-state index contributed by atoms with van der Waals surface area (Å²) in [6, 6.07) is -1.10. The van der Waals surface area contributed by atoms with Crippen LogP contribution in [0, 0.1) is 0 Å². The van der Waals surface area contributed by atoms with Gasteiger partial charge < -0.3 is 24.2 Å². The van der Waals surface area contributed by atoms with Crippen LogP contribution in [0.5, 0.6) is 0 Å². The Balaban J connectivity index is 1.83. The molecule has 11 heteroatoms. The van der Waals surface area contributed by atoms with Gasteiger partial charge in [-0.05, 0) is 24.2 Å². The zero-order valence-electron chi connectivity index (χ0n) is 12.2. The van der Waals surface area contributed by atoms with E-state index in [0.29, 0.717) is 24.2 Å². The fraction of sp³-hybridized carbons (Fsp3) is 1.00. The fourth-order valence-corrected chi connectivity index (χ4v) is 5.23. The van der Waals surface area contributed by atoms with Crippen molar-refractivity contribution in [3.63, 3.8) is 0 Å². The largest absolute Gasteiger partial charge is 0.390 e. The summed E-state index contributed by atoms with van der Waals surface area (Å²) in [4.78, 5) is 9.95. The fourth-order valence-electron chi connectivity index (χ4n) is 2.45. The van der Waals surface area contributed by atoms with Crippen molar-refractivity contribution in [2.45, 2.75) is 49.3 Å². The minimum Gasteiger partial charge on any atom is -0.390 e. The summed E-state index contributed by atoms with van der Waals surface area (Å²) in [6.07, 6.45) is -1.80. The van der Waals surface area contributed by atoms with Gasteiger partial charge in [0.2, 0.25) is 0 Å². The molecule has 2 fully saturated rings. The Morgan fingerprint density at radius 1 is 1.27 bits per heavy atom. The number of rotatable bonds is 7. The predicted molar refractivity (Wildman–Crippen MR) is 83.1 cm³/mol. The molecule has 0 spiro atoms. The van der Waals surface area contributed by atoms with Crippen LogP contribution in [-0.2, 0) is 23.3 Å². The summed E-state index contributed by atoms with van der Waals surface area (Å²) >= 11 is 0.701. The van der Waals surface area contributed by atoms with Crippen LogP contribution in [0.4, 0.5) is 0 Å². The number of hydrogen-bond donors (Lipinski definition) is 2.